The van der Waals surface area contributed by atoms with Gasteiger partial charge in [-0.15, -0.1) is 0 Å². The molecule has 1 aliphatic heterocycles. The van der Waals surface area contributed by atoms with Crippen LogP contribution in [0, 0.1) is 5.92 Å². The Morgan fingerprint density at radius 2 is 1.95 bits per heavy atom. The van der Waals surface area contributed by atoms with Gasteiger partial charge < -0.3 is 14.4 Å². The third-order valence-electron chi connectivity index (χ3n) is 3.71. The molecule has 0 bridgehead atoms. The van der Waals surface area contributed by atoms with E-state index >= 15 is 0 Å². The summed E-state index contributed by atoms with van der Waals surface area (Å²) in [7, 11) is 0. The lowest BCUT2D eigenvalue weighted by molar-refractivity contribution is -0.145. The number of ether oxygens (including phenoxy) is 2. The van der Waals surface area contributed by atoms with E-state index in [-0.39, 0.29) is 11.5 Å². The molecular formula is C15H27NO3. The zero-order valence-corrected chi connectivity index (χ0v) is 12.7. The van der Waals surface area contributed by atoms with E-state index in [1.165, 1.54) is 0 Å². The molecule has 0 aromatic heterocycles. The molecule has 0 saturated carbocycles. The molecular weight excluding hydrogens is 242 g/mol. The van der Waals surface area contributed by atoms with Crippen molar-refractivity contribution in [3.63, 3.8) is 0 Å². The molecule has 4 nitrogen and oxygen atoms in total. The summed E-state index contributed by atoms with van der Waals surface area (Å²) in [6, 6.07) is 0. The van der Waals surface area contributed by atoms with Crippen molar-refractivity contribution in [2.24, 2.45) is 5.92 Å². The Morgan fingerprint density at radius 3 is 2.53 bits per heavy atom. The predicted octanol–water partition coefficient (Wildman–Crippen LogP) is 2.94. The van der Waals surface area contributed by atoms with Gasteiger partial charge in [0.25, 0.3) is 0 Å². The molecule has 1 rings (SSSR count). The van der Waals surface area contributed by atoms with Crippen molar-refractivity contribution >= 4 is 5.97 Å². The molecule has 4 heteroatoms. The van der Waals surface area contributed by atoms with Gasteiger partial charge in [0.2, 0.25) is 0 Å². The van der Waals surface area contributed by atoms with Crippen molar-refractivity contribution in [2.75, 3.05) is 19.8 Å². The number of piperidine rings is 1. The van der Waals surface area contributed by atoms with E-state index in [4.69, 9.17) is 9.47 Å². The molecule has 1 fully saturated rings. The van der Waals surface area contributed by atoms with Crippen molar-refractivity contribution in [3.05, 3.63) is 12.5 Å². The van der Waals surface area contributed by atoms with E-state index in [2.05, 4.69) is 25.3 Å². The normalized spacial score (nSPS) is 21.9. The summed E-state index contributed by atoms with van der Waals surface area (Å²) in [6.45, 7) is 14.1. The molecule has 1 unspecified atom stereocenters. The van der Waals surface area contributed by atoms with Gasteiger partial charge in [-0.25, -0.2) is 0 Å². The summed E-state index contributed by atoms with van der Waals surface area (Å²) >= 11 is 0. The zero-order valence-electron chi connectivity index (χ0n) is 12.7. The van der Waals surface area contributed by atoms with Gasteiger partial charge >= 0.3 is 5.97 Å². The average Bonchev–Trinajstić information content (AvgIpc) is 2.32. The highest BCUT2D eigenvalue weighted by Crippen LogP contribution is 2.34. The number of carbonyl (C=O) groups is 1. The minimum absolute atomic E-state index is 0.0391. The number of esters is 1. The maximum atomic E-state index is 11.6. The van der Waals surface area contributed by atoms with Crippen LogP contribution in [0.2, 0.25) is 0 Å². The first-order valence-electron chi connectivity index (χ1n) is 7.15. The maximum Gasteiger partial charge on any atom is 0.306 e. The summed E-state index contributed by atoms with van der Waals surface area (Å²) in [4.78, 5) is 13.8. The Hall–Kier alpha value is -1.19. The number of carbonyl (C=O) groups excluding carboxylic acids is 1. The molecule has 0 aliphatic carbocycles. The number of nitrogens with zero attached hydrogens (tertiary/aromatic N) is 1. The largest absolute Gasteiger partial charge is 0.480 e. The third kappa shape index (κ3) is 4.44. The fraction of sp³-hybridized carbons (Fsp3) is 0.800. The third-order valence-corrected chi connectivity index (χ3v) is 3.71. The molecule has 110 valence electrons. The van der Waals surface area contributed by atoms with Gasteiger partial charge in [-0.05, 0) is 53.0 Å². The standard InChI is InChI=1S/C15H27NO3/c1-6-18-12(3)16-11-13(8-9-15(16,4)5)10-14(17)19-7-2/h13H,3,6-11H2,1-2,4-5H3. The van der Waals surface area contributed by atoms with Crippen molar-refractivity contribution in [3.8, 4) is 0 Å². The first-order valence-corrected chi connectivity index (χ1v) is 7.15. The monoisotopic (exact) mass is 269 g/mol. The Bertz CT molecular complexity index is 325. The molecule has 19 heavy (non-hydrogen) atoms. The molecule has 1 atom stereocenters. The van der Waals surface area contributed by atoms with E-state index in [0.29, 0.717) is 31.4 Å². The summed E-state index contributed by atoms with van der Waals surface area (Å²) in [5.74, 6) is 0.930. The first kappa shape index (κ1) is 15.9. The van der Waals surface area contributed by atoms with Crippen molar-refractivity contribution in [1.82, 2.24) is 4.90 Å². The van der Waals surface area contributed by atoms with E-state index in [1.54, 1.807) is 0 Å². The second kappa shape index (κ2) is 6.83. The number of hydrogen-bond acceptors (Lipinski definition) is 4. The molecule has 0 aromatic rings. The lowest BCUT2D eigenvalue weighted by atomic mass is 9.83. The molecule has 0 radical (unpaired) electrons. The van der Waals surface area contributed by atoms with Crippen LogP contribution in [0.25, 0.3) is 0 Å². The molecule has 0 N–H and O–H groups in total. The minimum Gasteiger partial charge on any atom is -0.480 e. The Kier molecular flexibility index (Phi) is 5.70. The van der Waals surface area contributed by atoms with Crippen LogP contribution in [0.4, 0.5) is 0 Å². The molecule has 1 aliphatic rings. The zero-order chi connectivity index (χ0) is 14.5. The van der Waals surface area contributed by atoms with Crippen molar-refractivity contribution < 1.29 is 14.3 Å². The van der Waals surface area contributed by atoms with Crippen molar-refractivity contribution in [1.29, 1.82) is 0 Å². The summed E-state index contributed by atoms with van der Waals surface area (Å²) < 4.78 is 10.6. The SMILES string of the molecule is C=C(OCC)N1CC(CC(=O)OCC)CCC1(C)C. The quantitative estimate of drug-likeness (QED) is 0.549. The van der Waals surface area contributed by atoms with Crippen LogP contribution >= 0.6 is 0 Å². The average molecular weight is 269 g/mol. The Morgan fingerprint density at radius 1 is 1.32 bits per heavy atom. The fourth-order valence-electron chi connectivity index (χ4n) is 2.60. The summed E-state index contributed by atoms with van der Waals surface area (Å²) in [5.41, 5.74) is 0.0391. The highest BCUT2D eigenvalue weighted by atomic mass is 16.5. The van der Waals surface area contributed by atoms with E-state index < -0.39 is 0 Å². The van der Waals surface area contributed by atoms with Crippen LogP contribution in [0.5, 0.6) is 0 Å². The van der Waals surface area contributed by atoms with Gasteiger partial charge in [-0.2, -0.15) is 0 Å². The number of hydrogen-bond donors (Lipinski definition) is 0. The van der Waals surface area contributed by atoms with Gasteiger partial charge in [0.1, 0.15) is 0 Å². The van der Waals surface area contributed by atoms with Crippen LogP contribution in [-0.4, -0.2) is 36.2 Å². The molecule has 1 saturated heterocycles. The van der Waals surface area contributed by atoms with Gasteiger partial charge in [0.15, 0.2) is 5.88 Å². The second-order valence-electron chi connectivity index (χ2n) is 5.66. The molecule has 0 aromatic carbocycles. The van der Waals surface area contributed by atoms with Crippen LogP contribution < -0.4 is 0 Å². The van der Waals surface area contributed by atoms with Crippen LogP contribution in [-0.2, 0) is 14.3 Å². The van der Waals surface area contributed by atoms with Crippen LogP contribution in [0.15, 0.2) is 12.5 Å². The second-order valence-corrected chi connectivity index (χ2v) is 5.66. The fourth-order valence-corrected chi connectivity index (χ4v) is 2.60. The summed E-state index contributed by atoms with van der Waals surface area (Å²) in [6.07, 6.45) is 2.56. The van der Waals surface area contributed by atoms with Gasteiger partial charge in [0, 0.05) is 12.1 Å². The van der Waals surface area contributed by atoms with E-state index in [1.807, 2.05) is 13.8 Å². The predicted molar refractivity (Wildman–Crippen MR) is 75.5 cm³/mol. The molecule has 0 amide bonds. The lowest BCUT2D eigenvalue weighted by Gasteiger charge is -2.47. The summed E-state index contributed by atoms with van der Waals surface area (Å²) in [5, 5.41) is 0. The van der Waals surface area contributed by atoms with E-state index in [0.717, 1.165) is 19.4 Å². The van der Waals surface area contributed by atoms with Gasteiger partial charge in [-0.3, -0.25) is 4.79 Å². The Labute approximate surface area is 116 Å². The van der Waals surface area contributed by atoms with Crippen molar-refractivity contribution in [2.45, 2.75) is 52.5 Å². The minimum atomic E-state index is -0.103. The van der Waals surface area contributed by atoms with E-state index in [9.17, 15) is 4.79 Å². The molecule has 0 spiro atoms. The topological polar surface area (TPSA) is 38.8 Å². The van der Waals surface area contributed by atoms with Crippen LogP contribution in [0.1, 0.15) is 47.0 Å². The number of likely N-dealkylation sites (tertiary alicyclic amines) is 1. The first-order chi connectivity index (χ1) is 8.90. The Balaban J connectivity index is 2.62. The maximum absolute atomic E-state index is 11.6. The highest BCUT2D eigenvalue weighted by molar-refractivity contribution is 5.69. The number of rotatable bonds is 6. The van der Waals surface area contributed by atoms with Gasteiger partial charge in [-0.1, -0.05) is 0 Å². The lowest BCUT2D eigenvalue weighted by Crippen LogP contribution is -2.50. The van der Waals surface area contributed by atoms with Crippen LogP contribution in [0.3, 0.4) is 0 Å². The highest BCUT2D eigenvalue weighted by Gasteiger charge is 2.36. The smallest absolute Gasteiger partial charge is 0.306 e. The van der Waals surface area contributed by atoms with Gasteiger partial charge in [0.05, 0.1) is 19.6 Å². The molecule has 1 heterocycles.